The summed E-state index contributed by atoms with van der Waals surface area (Å²) in [5.74, 6) is 0.466. The maximum absolute atomic E-state index is 12.1. The standard InChI is InChI=1S/C15H19N3OS2/c16-10-15(7-3-4-8-15)18-13(19)9-20-14-17-11-5-1-2-6-12(11)21-14/h1-2,5-6H,3-4,7-10,16H2,(H,18,19). The lowest BCUT2D eigenvalue weighted by Gasteiger charge is -2.28. The first-order valence-corrected chi connectivity index (χ1v) is 9.00. The molecule has 2 aromatic rings. The molecule has 0 atom stereocenters. The Morgan fingerprint density at radius 1 is 1.38 bits per heavy atom. The minimum atomic E-state index is -0.161. The number of rotatable bonds is 5. The molecule has 1 aromatic heterocycles. The second-order valence-corrected chi connectivity index (χ2v) is 7.73. The molecular weight excluding hydrogens is 302 g/mol. The molecule has 1 fully saturated rings. The van der Waals surface area contributed by atoms with E-state index in [-0.39, 0.29) is 11.4 Å². The molecule has 0 saturated heterocycles. The summed E-state index contributed by atoms with van der Waals surface area (Å²) in [5.41, 5.74) is 6.68. The zero-order valence-electron chi connectivity index (χ0n) is 11.8. The molecule has 4 nitrogen and oxygen atoms in total. The van der Waals surface area contributed by atoms with Crippen molar-refractivity contribution in [3.8, 4) is 0 Å². The van der Waals surface area contributed by atoms with Crippen LogP contribution in [0.15, 0.2) is 28.6 Å². The number of carbonyl (C=O) groups is 1. The van der Waals surface area contributed by atoms with Crippen molar-refractivity contribution in [3.63, 3.8) is 0 Å². The Labute approximate surface area is 132 Å². The summed E-state index contributed by atoms with van der Waals surface area (Å²) in [5, 5.41) is 3.14. The van der Waals surface area contributed by atoms with Crippen molar-refractivity contribution in [3.05, 3.63) is 24.3 Å². The number of benzene rings is 1. The Hall–Kier alpha value is -1.11. The van der Waals surface area contributed by atoms with Gasteiger partial charge in [-0.1, -0.05) is 36.7 Å². The number of nitrogens with two attached hydrogens (primary N) is 1. The van der Waals surface area contributed by atoms with Crippen LogP contribution in [0.1, 0.15) is 25.7 Å². The Bertz CT molecular complexity index is 602. The van der Waals surface area contributed by atoms with Gasteiger partial charge in [0.15, 0.2) is 4.34 Å². The highest BCUT2D eigenvalue weighted by Crippen LogP contribution is 2.31. The third kappa shape index (κ3) is 3.39. The lowest BCUT2D eigenvalue weighted by molar-refractivity contribution is -0.120. The number of fused-ring (bicyclic) bond motifs is 1. The van der Waals surface area contributed by atoms with Crippen LogP contribution in [-0.2, 0) is 4.79 Å². The Kier molecular flexibility index (Phi) is 4.47. The van der Waals surface area contributed by atoms with Gasteiger partial charge in [0.2, 0.25) is 5.91 Å². The molecule has 0 bridgehead atoms. The lowest BCUT2D eigenvalue weighted by atomic mass is 9.98. The highest BCUT2D eigenvalue weighted by Gasteiger charge is 2.33. The van der Waals surface area contributed by atoms with Gasteiger partial charge in [-0.3, -0.25) is 4.79 Å². The number of hydrogen-bond donors (Lipinski definition) is 2. The monoisotopic (exact) mass is 321 g/mol. The molecule has 21 heavy (non-hydrogen) atoms. The van der Waals surface area contributed by atoms with Crippen LogP contribution >= 0.6 is 23.1 Å². The number of nitrogens with zero attached hydrogens (tertiary/aromatic N) is 1. The summed E-state index contributed by atoms with van der Waals surface area (Å²) >= 11 is 3.14. The lowest BCUT2D eigenvalue weighted by Crippen LogP contribution is -2.52. The molecule has 3 rings (SSSR count). The fourth-order valence-electron chi connectivity index (χ4n) is 2.80. The number of thioether (sulfide) groups is 1. The van der Waals surface area contributed by atoms with Gasteiger partial charge in [-0.25, -0.2) is 4.98 Å². The molecule has 6 heteroatoms. The van der Waals surface area contributed by atoms with Gasteiger partial charge in [-0.05, 0) is 25.0 Å². The first kappa shape index (κ1) is 14.8. The maximum Gasteiger partial charge on any atom is 0.230 e. The first-order chi connectivity index (χ1) is 10.2. The number of amides is 1. The zero-order valence-corrected chi connectivity index (χ0v) is 13.4. The number of para-hydroxylation sites is 1. The fraction of sp³-hybridized carbons (Fsp3) is 0.467. The van der Waals surface area contributed by atoms with Crippen LogP contribution in [-0.4, -0.2) is 28.7 Å². The number of hydrogen-bond acceptors (Lipinski definition) is 5. The average Bonchev–Trinajstić information content (AvgIpc) is 3.11. The molecule has 1 amide bonds. The van der Waals surface area contributed by atoms with Crippen LogP contribution in [0.3, 0.4) is 0 Å². The molecular formula is C15H19N3OS2. The van der Waals surface area contributed by atoms with Gasteiger partial charge >= 0.3 is 0 Å². The Morgan fingerprint density at radius 3 is 2.86 bits per heavy atom. The van der Waals surface area contributed by atoms with Gasteiger partial charge < -0.3 is 11.1 Å². The molecule has 1 aliphatic rings. The molecule has 112 valence electrons. The number of carbonyl (C=O) groups excluding carboxylic acids is 1. The SMILES string of the molecule is NCC1(NC(=O)CSc2nc3ccccc3s2)CCCC1. The van der Waals surface area contributed by atoms with Crippen LogP contribution in [0.4, 0.5) is 0 Å². The molecule has 0 unspecified atom stereocenters. The third-order valence-electron chi connectivity index (χ3n) is 3.96. The molecule has 0 aliphatic heterocycles. The van der Waals surface area contributed by atoms with Gasteiger partial charge in [0.25, 0.3) is 0 Å². The van der Waals surface area contributed by atoms with E-state index in [1.54, 1.807) is 11.3 Å². The Morgan fingerprint density at radius 2 is 2.14 bits per heavy atom. The predicted molar refractivity (Wildman–Crippen MR) is 88.7 cm³/mol. The average molecular weight is 321 g/mol. The van der Waals surface area contributed by atoms with Crippen molar-refractivity contribution < 1.29 is 4.79 Å². The largest absolute Gasteiger partial charge is 0.349 e. The number of thiazole rings is 1. The van der Waals surface area contributed by atoms with Gasteiger partial charge in [0.1, 0.15) is 0 Å². The van der Waals surface area contributed by atoms with Gasteiger partial charge in [-0.2, -0.15) is 0 Å². The normalized spacial score (nSPS) is 17.2. The molecule has 3 N–H and O–H groups in total. The van der Waals surface area contributed by atoms with Crippen LogP contribution in [0, 0.1) is 0 Å². The van der Waals surface area contributed by atoms with Crippen molar-refractivity contribution in [1.82, 2.24) is 10.3 Å². The quantitative estimate of drug-likeness (QED) is 0.831. The van der Waals surface area contributed by atoms with E-state index >= 15 is 0 Å². The molecule has 1 saturated carbocycles. The van der Waals surface area contributed by atoms with Crippen molar-refractivity contribution in [2.24, 2.45) is 5.73 Å². The minimum Gasteiger partial charge on any atom is -0.349 e. The van der Waals surface area contributed by atoms with Crippen LogP contribution in [0.2, 0.25) is 0 Å². The van der Waals surface area contributed by atoms with Crippen LogP contribution in [0.25, 0.3) is 10.2 Å². The summed E-state index contributed by atoms with van der Waals surface area (Å²) in [7, 11) is 0. The van der Waals surface area contributed by atoms with E-state index in [0.717, 1.165) is 40.2 Å². The number of nitrogens with one attached hydrogen (secondary N) is 1. The van der Waals surface area contributed by atoms with Crippen molar-refractivity contribution in [2.75, 3.05) is 12.3 Å². The molecule has 1 aliphatic carbocycles. The summed E-state index contributed by atoms with van der Waals surface area (Å²) in [4.78, 5) is 16.7. The molecule has 1 aromatic carbocycles. The molecule has 0 radical (unpaired) electrons. The van der Waals surface area contributed by atoms with E-state index in [2.05, 4.69) is 16.4 Å². The topological polar surface area (TPSA) is 68.0 Å². The predicted octanol–water partition coefficient (Wildman–Crippen LogP) is 2.78. The highest BCUT2D eigenvalue weighted by atomic mass is 32.2. The summed E-state index contributed by atoms with van der Waals surface area (Å²) in [6.45, 7) is 0.532. The molecule has 1 heterocycles. The van der Waals surface area contributed by atoms with E-state index in [9.17, 15) is 4.79 Å². The fourth-order valence-corrected chi connectivity index (χ4v) is 4.67. The smallest absolute Gasteiger partial charge is 0.230 e. The minimum absolute atomic E-state index is 0.0617. The van der Waals surface area contributed by atoms with E-state index in [1.807, 2.05) is 18.2 Å². The Balaban J connectivity index is 1.58. The van der Waals surface area contributed by atoms with Crippen molar-refractivity contribution >= 4 is 39.2 Å². The third-order valence-corrected chi connectivity index (χ3v) is 6.14. The van der Waals surface area contributed by atoms with Crippen LogP contribution < -0.4 is 11.1 Å². The van der Waals surface area contributed by atoms with Gasteiger partial charge in [0.05, 0.1) is 21.5 Å². The van der Waals surface area contributed by atoms with Crippen molar-refractivity contribution in [2.45, 2.75) is 35.6 Å². The van der Waals surface area contributed by atoms with Gasteiger partial charge in [0, 0.05) is 6.54 Å². The first-order valence-electron chi connectivity index (χ1n) is 7.20. The van der Waals surface area contributed by atoms with E-state index in [0.29, 0.717) is 12.3 Å². The summed E-state index contributed by atoms with van der Waals surface area (Å²) < 4.78 is 2.11. The van der Waals surface area contributed by atoms with Crippen molar-refractivity contribution in [1.29, 1.82) is 0 Å². The second kappa shape index (κ2) is 6.34. The van der Waals surface area contributed by atoms with E-state index < -0.39 is 0 Å². The summed E-state index contributed by atoms with van der Waals surface area (Å²) in [6.07, 6.45) is 4.31. The van der Waals surface area contributed by atoms with E-state index in [4.69, 9.17) is 5.73 Å². The van der Waals surface area contributed by atoms with E-state index in [1.165, 1.54) is 11.8 Å². The second-order valence-electron chi connectivity index (χ2n) is 5.48. The van der Waals surface area contributed by atoms with Crippen LogP contribution in [0.5, 0.6) is 0 Å². The zero-order chi connectivity index (χ0) is 14.7. The maximum atomic E-state index is 12.1. The summed E-state index contributed by atoms with van der Waals surface area (Å²) in [6, 6.07) is 8.04. The highest BCUT2D eigenvalue weighted by molar-refractivity contribution is 8.01. The molecule has 0 spiro atoms. The van der Waals surface area contributed by atoms with Gasteiger partial charge in [-0.15, -0.1) is 11.3 Å². The number of aromatic nitrogens is 1.